The number of nitrogens with zero attached hydrogens (tertiary/aromatic N) is 1. The van der Waals surface area contributed by atoms with E-state index in [0.29, 0.717) is 0 Å². The molecule has 0 aromatic rings. The second kappa shape index (κ2) is 2.88. The lowest BCUT2D eigenvalue weighted by molar-refractivity contribution is 1.32. The maximum atomic E-state index is 7.10. The summed E-state index contributed by atoms with van der Waals surface area (Å²) in [6, 6.07) is 0. The second-order valence-electron chi connectivity index (χ2n) is 2.12. The molecule has 0 aromatic heterocycles. The Morgan fingerprint density at radius 2 is 1.70 bits per heavy atom. The van der Waals surface area contributed by atoms with Crippen molar-refractivity contribution in [2.24, 2.45) is 5.73 Å². The van der Waals surface area contributed by atoms with E-state index in [-0.39, 0.29) is 0 Å². The zero-order valence-corrected chi connectivity index (χ0v) is 5.54. The first-order valence-corrected chi connectivity index (χ1v) is 3.04. The summed E-state index contributed by atoms with van der Waals surface area (Å²) < 4.78 is 0. The third-order valence-corrected chi connectivity index (χ3v) is 1.43. The number of fused-ring (bicyclic) bond motifs is 2. The first-order valence-electron chi connectivity index (χ1n) is 3.04. The fourth-order valence-corrected chi connectivity index (χ4v) is 1.01. The van der Waals surface area contributed by atoms with Crippen LogP contribution in [0.2, 0.25) is 0 Å². The third-order valence-electron chi connectivity index (χ3n) is 1.43. The fourth-order valence-electron chi connectivity index (χ4n) is 1.01. The van der Waals surface area contributed by atoms with Crippen molar-refractivity contribution in [1.82, 2.24) is 0 Å². The molecule has 0 unspecified atom stereocenters. The molecule has 0 amide bonds. The van der Waals surface area contributed by atoms with Crippen LogP contribution in [-0.4, -0.2) is 0 Å². The molecule has 2 nitrogen and oxygen atoms in total. The lowest BCUT2D eigenvalue weighted by atomic mass is 10.3. The SMILES string of the molecule is C1=CC2=CC=C1C2.N#CN. The molecule has 2 N–H and O–H groups in total. The van der Waals surface area contributed by atoms with Crippen LogP contribution in [0.4, 0.5) is 0 Å². The second-order valence-corrected chi connectivity index (χ2v) is 2.12. The zero-order valence-electron chi connectivity index (χ0n) is 5.54. The molecule has 50 valence electrons. The molecule has 0 radical (unpaired) electrons. The largest absolute Gasteiger partial charge is 0.337 e. The van der Waals surface area contributed by atoms with Crippen LogP contribution >= 0.6 is 0 Å². The van der Waals surface area contributed by atoms with E-state index in [1.54, 1.807) is 0 Å². The fraction of sp³-hybridized carbons (Fsp3) is 0.125. The van der Waals surface area contributed by atoms with E-state index >= 15 is 0 Å². The van der Waals surface area contributed by atoms with Crippen molar-refractivity contribution in [2.75, 3.05) is 0 Å². The van der Waals surface area contributed by atoms with E-state index in [4.69, 9.17) is 5.26 Å². The quantitative estimate of drug-likeness (QED) is 0.398. The normalized spacial score (nSPS) is 16.7. The Hall–Kier alpha value is -1.49. The van der Waals surface area contributed by atoms with Gasteiger partial charge in [-0.2, -0.15) is 5.26 Å². The van der Waals surface area contributed by atoms with Gasteiger partial charge in [0.1, 0.15) is 0 Å². The average molecular weight is 132 g/mol. The zero-order chi connectivity index (χ0) is 7.40. The van der Waals surface area contributed by atoms with Gasteiger partial charge in [0.25, 0.3) is 0 Å². The minimum absolute atomic E-state index is 1.19. The van der Waals surface area contributed by atoms with Gasteiger partial charge in [-0.1, -0.05) is 24.3 Å². The molecule has 2 bridgehead atoms. The predicted octanol–water partition coefficient (Wildman–Crippen LogP) is 1.24. The molecular formula is C8H8N2. The maximum absolute atomic E-state index is 7.10. The van der Waals surface area contributed by atoms with E-state index in [2.05, 4.69) is 30.0 Å². The molecular weight excluding hydrogens is 124 g/mol. The highest BCUT2D eigenvalue weighted by atomic mass is 14.5. The van der Waals surface area contributed by atoms with Crippen molar-refractivity contribution in [3.05, 3.63) is 35.5 Å². The van der Waals surface area contributed by atoms with Crippen LogP contribution in [0.5, 0.6) is 0 Å². The van der Waals surface area contributed by atoms with Gasteiger partial charge in [-0.15, -0.1) is 0 Å². The lowest BCUT2D eigenvalue weighted by Gasteiger charge is -1.77. The molecule has 2 aliphatic rings. The number of nitriles is 1. The third kappa shape index (κ3) is 1.26. The van der Waals surface area contributed by atoms with Gasteiger partial charge < -0.3 is 5.73 Å². The monoisotopic (exact) mass is 132 g/mol. The van der Waals surface area contributed by atoms with Gasteiger partial charge >= 0.3 is 0 Å². The summed E-state index contributed by atoms with van der Waals surface area (Å²) in [5.41, 5.74) is 7.09. The van der Waals surface area contributed by atoms with Crippen LogP contribution < -0.4 is 5.73 Å². The van der Waals surface area contributed by atoms with Crippen LogP contribution in [0.3, 0.4) is 0 Å². The van der Waals surface area contributed by atoms with E-state index in [9.17, 15) is 0 Å². The standard InChI is InChI=1S/C7H6.CH2N2/c1-2-7-4-3-6(1)5-7;2-1-3/h1-4H,5H2;2H2. The average Bonchev–Trinajstić information content (AvgIpc) is 2.49. The molecule has 2 rings (SSSR count). The molecule has 0 spiro atoms. The number of nitrogens with two attached hydrogens (primary N) is 1. The van der Waals surface area contributed by atoms with Crippen LogP contribution in [0.15, 0.2) is 35.5 Å². The lowest BCUT2D eigenvalue weighted by Crippen LogP contribution is -1.69. The topological polar surface area (TPSA) is 49.8 Å². The van der Waals surface area contributed by atoms with Crippen molar-refractivity contribution in [2.45, 2.75) is 6.42 Å². The molecule has 0 heterocycles. The first kappa shape index (κ1) is 6.63. The molecule has 0 aromatic carbocycles. The molecule has 0 saturated carbocycles. The molecule has 0 atom stereocenters. The summed E-state index contributed by atoms with van der Waals surface area (Å²) >= 11 is 0. The summed E-state index contributed by atoms with van der Waals surface area (Å²) in [4.78, 5) is 0. The highest BCUT2D eigenvalue weighted by molar-refractivity contribution is 5.49. The predicted molar refractivity (Wildman–Crippen MR) is 39.7 cm³/mol. The summed E-state index contributed by atoms with van der Waals surface area (Å²) in [6.45, 7) is 0. The van der Waals surface area contributed by atoms with Crippen LogP contribution in [-0.2, 0) is 0 Å². The highest BCUT2D eigenvalue weighted by Gasteiger charge is 2.07. The Kier molecular flexibility index (Phi) is 1.91. The Balaban J connectivity index is 0.000000148. The highest BCUT2D eigenvalue weighted by Crippen LogP contribution is 2.27. The molecule has 0 fully saturated rings. The Labute approximate surface area is 60.0 Å². The molecule has 0 aliphatic heterocycles. The van der Waals surface area contributed by atoms with E-state index in [1.807, 2.05) is 0 Å². The number of rotatable bonds is 0. The van der Waals surface area contributed by atoms with Gasteiger partial charge in [0.2, 0.25) is 0 Å². The van der Waals surface area contributed by atoms with Crippen molar-refractivity contribution >= 4 is 0 Å². The summed E-state index contributed by atoms with van der Waals surface area (Å²) in [7, 11) is 0. The van der Waals surface area contributed by atoms with Gasteiger partial charge in [0.15, 0.2) is 6.19 Å². The Morgan fingerprint density at radius 1 is 1.30 bits per heavy atom. The Bertz CT molecular complexity index is 231. The Morgan fingerprint density at radius 3 is 1.80 bits per heavy atom. The van der Waals surface area contributed by atoms with Gasteiger partial charge in [-0.25, -0.2) is 0 Å². The van der Waals surface area contributed by atoms with Crippen LogP contribution in [0.25, 0.3) is 0 Å². The molecule has 10 heavy (non-hydrogen) atoms. The van der Waals surface area contributed by atoms with Crippen molar-refractivity contribution in [3.8, 4) is 6.19 Å². The molecule has 2 aliphatic carbocycles. The van der Waals surface area contributed by atoms with Crippen LogP contribution in [0, 0.1) is 11.5 Å². The van der Waals surface area contributed by atoms with Gasteiger partial charge in [-0.05, 0) is 17.6 Å². The van der Waals surface area contributed by atoms with E-state index in [1.165, 1.54) is 23.8 Å². The smallest absolute Gasteiger partial charge is 0.173 e. The van der Waals surface area contributed by atoms with Gasteiger partial charge in [0.05, 0.1) is 0 Å². The van der Waals surface area contributed by atoms with Gasteiger partial charge in [0, 0.05) is 0 Å². The van der Waals surface area contributed by atoms with Crippen molar-refractivity contribution in [3.63, 3.8) is 0 Å². The number of allylic oxidation sites excluding steroid dienone is 6. The number of hydrogen-bond acceptors (Lipinski definition) is 2. The van der Waals surface area contributed by atoms with Crippen LogP contribution in [0.1, 0.15) is 6.42 Å². The van der Waals surface area contributed by atoms with E-state index in [0.717, 1.165) is 0 Å². The molecule has 2 heteroatoms. The van der Waals surface area contributed by atoms with Gasteiger partial charge in [-0.3, -0.25) is 0 Å². The summed E-state index contributed by atoms with van der Waals surface area (Å²) in [5.74, 6) is 0. The first-order chi connectivity index (χ1) is 4.86. The molecule has 0 saturated heterocycles. The maximum Gasteiger partial charge on any atom is 0.173 e. The van der Waals surface area contributed by atoms with E-state index < -0.39 is 0 Å². The summed E-state index contributed by atoms with van der Waals surface area (Å²) in [5, 5.41) is 7.10. The van der Waals surface area contributed by atoms with Crippen molar-refractivity contribution < 1.29 is 0 Å². The number of hydrogen-bond donors (Lipinski definition) is 1. The minimum atomic E-state index is 1.19. The summed E-state index contributed by atoms with van der Waals surface area (Å²) in [6.07, 6.45) is 11.1. The van der Waals surface area contributed by atoms with Crippen molar-refractivity contribution in [1.29, 1.82) is 5.26 Å². The minimum Gasteiger partial charge on any atom is -0.337 e.